The number of carbonyl (C=O) groups is 2. The van der Waals surface area contributed by atoms with E-state index in [1.54, 1.807) is 18.3 Å². The summed E-state index contributed by atoms with van der Waals surface area (Å²) >= 11 is 6.53. The second-order valence-corrected chi connectivity index (χ2v) is 13.8. The number of carboxylic acids is 1. The van der Waals surface area contributed by atoms with Gasteiger partial charge in [-0.25, -0.2) is 13.4 Å². The molecule has 13 heteroatoms. The molecule has 0 bridgehead atoms. The molecule has 4 heterocycles. The smallest absolute Gasteiger partial charge is 0.300 e. The Morgan fingerprint density at radius 1 is 1.25 bits per heavy atom. The van der Waals surface area contributed by atoms with E-state index in [1.165, 1.54) is 35.0 Å². The first-order valence-corrected chi connectivity index (χ1v) is 16.4. The fraction of sp³-hybridized carbons (Fsp3) is 0.519. The Morgan fingerprint density at radius 2 is 1.93 bits per heavy atom. The molecule has 0 aromatic carbocycles. The molecule has 2 aliphatic rings. The Morgan fingerprint density at radius 3 is 2.58 bits per heavy atom. The number of anilines is 1. The summed E-state index contributed by atoms with van der Waals surface area (Å²) in [5, 5.41) is 10.7. The molecule has 10 nitrogen and oxygen atoms in total. The maximum Gasteiger partial charge on any atom is 0.300 e. The fourth-order valence-electron chi connectivity index (χ4n) is 4.59. The number of hydrogen-bond acceptors (Lipinski definition) is 9. The molecule has 40 heavy (non-hydrogen) atoms. The Balaban J connectivity index is 0.00000103. The van der Waals surface area contributed by atoms with Crippen molar-refractivity contribution in [2.24, 2.45) is 0 Å². The third-order valence-electron chi connectivity index (χ3n) is 6.58. The van der Waals surface area contributed by atoms with Crippen molar-refractivity contribution in [1.82, 2.24) is 14.3 Å². The summed E-state index contributed by atoms with van der Waals surface area (Å²) in [6.45, 7) is 5.85. The van der Waals surface area contributed by atoms with Crippen molar-refractivity contribution < 1.29 is 23.1 Å². The number of aryl methyl sites for hydroxylation is 1. The molecule has 0 saturated carbocycles. The average Bonchev–Trinajstić information content (AvgIpc) is 3.37. The Labute approximate surface area is 244 Å². The van der Waals surface area contributed by atoms with Crippen molar-refractivity contribution in [2.45, 2.75) is 71.8 Å². The zero-order valence-electron chi connectivity index (χ0n) is 23.0. The van der Waals surface area contributed by atoms with Gasteiger partial charge in [-0.1, -0.05) is 69.1 Å². The quantitative estimate of drug-likeness (QED) is 0.229. The van der Waals surface area contributed by atoms with Gasteiger partial charge in [0.2, 0.25) is 0 Å². The molecular weight excluding hydrogens is 573 g/mol. The molecule has 0 radical (unpaired) electrons. The van der Waals surface area contributed by atoms with Crippen LogP contribution in [0.2, 0.25) is 0 Å². The van der Waals surface area contributed by atoms with Gasteiger partial charge in [-0.3, -0.25) is 23.7 Å². The SMILES string of the molecule is CC(=O)O.CCCCCCCCNc1nc2c(C)cccn2c(=O)c1/C=C1\SC(=S)N(C2CCS(=O)(=O)C2)C1=O. The standard InChI is InChI=1S/C25H32N4O4S3.C2H4O2/c1-3-4-5-6-7-8-12-26-21-19(23(30)28-13-9-10-17(2)22(28)27-21)15-20-24(31)29(25(34)35-20)18-11-14-36(32,33)16-18;1-2(3)4/h9-10,13,15,18,26H,3-8,11-12,14,16H2,1-2H3;1H3,(H,3,4)/b20-15-;. The van der Waals surface area contributed by atoms with Crippen LogP contribution in [0.3, 0.4) is 0 Å². The number of amides is 1. The molecule has 2 fully saturated rings. The minimum atomic E-state index is -3.17. The molecule has 1 unspecified atom stereocenters. The minimum Gasteiger partial charge on any atom is -0.481 e. The highest BCUT2D eigenvalue weighted by molar-refractivity contribution is 8.26. The molecule has 2 N–H and O–H groups in total. The van der Waals surface area contributed by atoms with Crippen molar-refractivity contribution >= 4 is 67.6 Å². The average molecular weight is 609 g/mol. The van der Waals surface area contributed by atoms with Crippen LogP contribution in [0.5, 0.6) is 0 Å². The highest BCUT2D eigenvalue weighted by atomic mass is 32.2. The van der Waals surface area contributed by atoms with E-state index >= 15 is 0 Å². The number of rotatable bonds is 10. The molecule has 2 saturated heterocycles. The fourth-order valence-corrected chi connectivity index (χ4v) is 7.68. The summed E-state index contributed by atoms with van der Waals surface area (Å²) in [5.41, 5.74) is 1.46. The van der Waals surface area contributed by atoms with Crippen LogP contribution < -0.4 is 10.9 Å². The summed E-state index contributed by atoms with van der Waals surface area (Å²) in [5.74, 6) is -0.786. The van der Waals surface area contributed by atoms with Gasteiger partial charge in [-0.15, -0.1) is 0 Å². The molecule has 2 aromatic rings. The molecule has 1 amide bonds. The first kappa shape index (κ1) is 31.8. The van der Waals surface area contributed by atoms with E-state index in [0.29, 0.717) is 39.2 Å². The van der Waals surface area contributed by atoms with Gasteiger partial charge in [0, 0.05) is 19.7 Å². The predicted molar refractivity (Wildman–Crippen MR) is 163 cm³/mol. The van der Waals surface area contributed by atoms with Crippen LogP contribution in [-0.2, 0) is 19.4 Å². The van der Waals surface area contributed by atoms with Crippen LogP contribution in [0.4, 0.5) is 5.82 Å². The molecule has 4 rings (SSSR count). The maximum absolute atomic E-state index is 13.5. The largest absolute Gasteiger partial charge is 0.481 e. The second kappa shape index (κ2) is 14.2. The number of nitrogens with one attached hydrogen (secondary N) is 1. The number of nitrogens with zero attached hydrogens (tertiary/aromatic N) is 3. The van der Waals surface area contributed by atoms with E-state index in [1.807, 2.05) is 13.0 Å². The van der Waals surface area contributed by atoms with Crippen molar-refractivity contribution in [1.29, 1.82) is 0 Å². The molecule has 1 atom stereocenters. The summed E-state index contributed by atoms with van der Waals surface area (Å²) in [4.78, 5) is 42.2. The molecule has 2 aliphatic heterocycles. The number of unbranched alkanes of at least 4 members (excludes halogenated alkanes) is 5. The molecule has 0 spiro atoms. The van der Waals surface area contributed by atoms with Gasteiger partial charge >= 0.3 is 0 Å². The lowest BCUT2D eigenvalue weighted by Crippen LogP contribution is -2.39. The molecule has 218 valence electrons. The van der Waals surface area contributed by atoms with Gasteiger partial charge in [-0.2, -0.15) is 0 Å². The van der Waals surface area contributed by atoms with E-state index in [4.69, 9.17) is 27.1 Å². The van der Waals surface area contributed by atoms with Gasteiger partial charge in [0.1, 0.15) is 15.8 Å². The molecular formula is C27H36N4O6S3. The summed E-state index contributed by atoms with van der Waals surface area (Å²) < 4.78 is 25.7. The first-order valence-electron chi connectivity index (χ1n) is 13.4. The monoisotopic (exact) mass is 608 g/mol. The topological polar surface area (TPSA) is 138 Å². The lowest BCUT2D eigenvalue weighted by atomic mass is 10.1. The van der Waals surface area contributed by atoms with E-state index < -0.39 is 21.8 Å². The summed E-state index contributed by atoms with van der Waals surface area (Å²) in [6, 6.07) is 3.23. The normalized spacial score (nSPS) is 19.2. The van der Waals surface area contributed by atoms with Gasteiger partial charge < -0.3 is 10.4 Å². The van der Waals surface area contributed by atoms with Crippen LogP contribution in [0.15, 0.2) is 28.0 Å². The Kier molecular flexibility index (Phi) is 11.3. The maximum atomic E-state index is 13.5. The van der Waals surface area contributed by atoms with Gasteiger partial charge in [-0.05, 0) is 37.5 Å². The number of fused-ring (bicyclic) bond motifs is 1. The van der Waals surface area contributed by atoms with E-state index in [9.17, 15) is 18.0 Å². The van der Waals surface area contributed by atoms with Gasteiger partial charge in [0.25, 0.3) is 17.4 Å². The van der Waals surface area contributed by atoms with Crippen LogP contribution in [0, 0.1) is 6.92 Å². The predicted octanol–water partition coefficient (Wildman–Crippen LogP) is 4.25. The van der Waals surface area contributed by atoms with Crippen molar-refractivity contribution in [3.8, 4) is 0 Å². The number of sulfone groups is 1. The number of carboxylic acid groups (broad SMARTS) is 1. The van der Waals surface area contributed by atoms with Crippen molar-refractivity contribution in [2.75, 3.05) is 23.4 Å². The second-order valence-electron chi connectivity index (χ2n) is 9.89. The third-order valence-corrected chi connectivity index (χ3v) is 9.66. The number of thiocarbonyl (C=S) groups is 1. The summed E-state index contributed by atoms with van der Waals surface area (Å²) in [7, 11) is -3.17. The lowest BCUT2D eigenvalue weighted by molar-refractivity contribution is -0.134. The number of carbonyl (C=O) groups excluding carboxylic acids is 1. The van der Waals surface area contributed by atoms with Gasteiger partial charge in [0.15, 0.2) is 9.84 Å². The number of aromatic nitrogens is 2. The van der Waals surface area contributed by atoms with Crippen LogP contribution >= 0.6 is 24.0 Å². The molecule has 2 aromatic heterocycles. The Bertz CT molecular complexity index is 1460. The van der Waals surface area contributed by atoms with Crippen molar-refractivity contribution in [3.63, 3.8) is 0 Å². The lowest BCUT2D eigenvalue weighted by Gasteiger charge is -2.20. The molecule has 0 aliphatic carbocycles. The van der Waals surface area contributed by atoms with E-state index in [0.717, 1.165) is 37.1 Å². The van der Waals surface area contributed by atoms with Crippen LogP contribution in [-0.4, -0.2) is 68.1 Å². The number of aliphatic carboxylic acids is 1. The first-order chi connectivity index (χ1) is 18.9. The minimum absolute atomic E-state index is 0.0512. The summed E-state index contributed by atoms with van der Waals surface area (Å²) in [6.07, 6.45) is 10.5. The zero-order valence-corrected chi connectivity index (χ0v) is 25.5. The number of thioether (sulfide) groups is 1. The Hall–Kier alpha value is -2.77. The number of hydrogen-bond donors (Lipinski definition) is 2. The van der Waals surface area contributed by atoms with Crippen LogP contribution in [0.25, 0.3) is 11.7 Å². The van der Waals surface area contributed by atoms with Gasteiger partial charge in [0.05, 0.1) is 28.0 Å². The number of pyridine rings is 1. The van der Waals surface area contributed by atoms with Crippen molar-refractivity contribution in [3.05, 3.63) is 44.7 Å². The van der Waals surface area contributed by atoms with E-state index in [2.05, 4.69) is 12.2 Å². The van der Waals surface area contributed by atoms with E-state index in [-0.39, 0.29) is 23.0 Å². The zero-order chi connectivity index (χ0) is 29.4. The highest BCUT2D eigenvalue weighted by Crippen LogP contribution is 2.36. The third kappa shape index (κ3) is 8.14. The highest BCUT2D eigenvalue weighted by Gasteiger charge is 2.42. The van der Waals surface area contributed by atoms with Crippen LogP contribution in [0.1, 0.15) is 69.9 Å².